The fourth-order valence-corrected chi connectivity index (χ4v) is 6.51. The second kappa shape index (κ2) is 8.94. The van der Waals surface area contributed by atoms with Gasteiger partial charge in [-0.05, 0) is 37.1 Å². The second-order valence-electron chi connectivity index (χ2n) is 10.6. The van der Waals surface area contributed by atoms with Gasteiger partial charge in [-0.15, -0.1) is 0 Å². The van der Waals surface area contributed by atoms with Crippen LogP contribution in [-0.4, -0.2) is 29.1 Å². The van der Waals surface area contributed by atoms with E-state index < -0.39 is 0 Å². The summed E-state index contributed by atoms with van der Waals surface area (Å²) in [6, 6.07) is 32.0. The molecule has 198 valence electrons. The van der Waals surface area contributed by atoms with E-state index in [4.69, 9.17) is 9.97 Å². The van der Waals surface area contributed by atoms with Crippen molar-refractivity contribution in [1.29, 1.82) is 0 Å². The minimum atomic E-state index is 0.519. The van der Waals surface area contributed by atoms with Crippen molar-refractivity contribution >= 4 is 60.6 Å². The summed E-state index contributed by atoms with van der Waals surface area (Å²) in [7, 11) is 0. The van der Waals surface area contributed by atoms with Crippen LogP contribution in [0, 0.1) is 0 Å². The zero-order valence-electron chi connectivity index (χ0n) is 22.6. The Morgan fingerprint density at radius 2 is 1.29 bits per heavy atom. The predicted octanol–water partition coefficient (Wildman–Crippen LogP) is 8.48. The van der Waals surface area contributed by atoms with E-state index in [-0.39, 0.29) is 0 Å². The zero-order chi connectivity index (χ0) is 27.6. The molecule has 4 heterocycles. The zero-order valence-corrected chi connectivity index (χ0v) is 22.6. The van der Waals surface area contributed by atoms with Gasteiger partial charge in [0, 0.05) is 45.2 Å². The van der Waals surface area contributed by atoms with E-state index in [1.54, 1.807) is 12.4 Å². The van der Waals surface area contributed by atoms with Crippen LogP contribution >= 0.6 is 0 Å². The Hall–Kier alpha value is -5.62. The molecule has 42 heavy (non-hydrogen) atoms. The van der Waals surface area contributed by atoms with Crippen LogP contribution in [0.2, 0.25) is 0 Å². The Balaban J connectivity index is 1.48. The third kappa shape index (κ3) is 3.26. The summed E-state index contributed by atoms with van der Waals surface area (Å²) in [5.74, 6) is 0.735. The first-order valence-electron chi connectivity index (χ1n) is 14.2. The summed E-state index contributed by atoms with van der Waals surface area (Å²) in [5, 5.41) is 4.85. The predicted molar refractivity (Wildman–Crippen MR) is 171 cm³/mol. The van der Waals surface area contributed by atoms with E-state index in [1.807, 2.05) is 18.2 Å². The molecule has 0 unspecified atom stereocenters. The van der Waals surface area contributed by atoms with Crippen LogP contribution in [-0.2, 0) is 0 Å². The quantitative estimate of drug-likeness (QED) is 0.225. The van der Waals surface area contributed by atoms with Crippen molar-refractivity contribution in [2.24, 2.45) is 0 Å². The van der Waals surface area contributed by atoms with E-state index >= 15 is 0 Å². The van der Waals surface area contributed by atoms with Crippen LogP contribution in [0.5, 0.6) is 0 Å². The first-order valence-corrected chi connectivity index (χ1v) is 14.2. The largest absolute Gasteiger partial charge is 0.309 e. The highest BCUT2D eigenvalue weighted by molar-refractivity contribution is 6.26. The number of rotatable bonds is 3. The van der Waals surface area contributed by atoms with E-state index in [1.165, 1.54) is 38.3 Å². The molecule has 1 aliphatic rings. The van der Waals surface area contributed by atoms with Gasteiger partial charge in [0.1, 0.15) is 5.69 Å². The molecule has 0 bridgehead atoms. The molecule has 0 fully saturated rings. The van der Waals surface area contributed by atoms with Gasteiger partial charge in [-0.1, -0.05) is 84.9 Å². The standard InChI is InChI=1S/C36H24N6/c1-3-11-23(12-4-1)32-36(40-35-34(39-32)37-21-22-38-35)42-29-18-10-8-16-27(29)31-30(42)20-19-26-25-15-7-9-17-28(25)41(33(26)31)24-13-5-2-6-14-24/h1,3-5,7-22H,2,6H2. The molecular weight excluding hydrogens is 516 g/mol. The first kappa shape index (κ1) is 23.1. The van der Waals surface area contributed by atoms with Crippen LogP contribution in [0.4, 0.5) is 0 Å². The van der Waals surface area contributed by atoms with Gasteiger partial charge in [-0.2, -0.15) is 0 Å². The second-order valence-corrected chi connectivity index (χ2v) is 10.6. The minimum Gasteiger partial charge on any atom is -0.309 e. The Morgan fingerprint density at radius 1 is 0.571 bits per heavy atom. The molecule has 9 rings (SSSR count). The average Bonchev–Trinajstić information content (AvgIpc) is 3.58. The summed E-state index contributed by atoms with van der Waals surface area (Å²) in [6.07, 6.45) is 12.3. The Bertz CT molecular complexity index is 2410. The molecule has 0 N–H and O–H groups in total. The van der Waals surface area contributed by atoms with Crippen LogP contribution < -0.4 is 0 Å². The highest BCUT2D eigenvalue weighted by Crippen LogP contribution is 2.43. The molecule has 4 aromatic carbocycles. The molecular formula is C36H24N6. The highest BCUT2D eigenvalue weighted by atomic mass is 15.1. The fraction of sp³-hybridized carbons (Fsp3) is 0.0556. The third-order valence-corrected chi connectivity index (χ3v) is 8.26. The molecule has 6 nitrogen and oxygen atoms in total. The lowest BCUT2D eigenvalue weighted by Gasteiger charge is -2.14. The molecule has 0 aliphatic heterocycles. The Labute approximate surface area is 240 Å². The van der Waals surface area contributed by atoms with Gasteiger partial charge in [-0.3, -0.25) is 4.57 Å². The van der Waals surface area contributed by atoms with Crippen LogP contribution in [0.1, 0.15) is 12.8 Å². The summed E-state index contributed by atoms with van der Waals surface area (Å²) < 4.78 is 4.69. The van der Waals surface area contributed by atoms with Gasteiger partial charge >= 0.3 is 0 Å². The summed E-state index contributed by atoms with van der Waals surface area (Å²) in [4.78, 5) is 19.2. The van der Waals surface area contributed by atoms with Crippen molar-refractivity contribution in [1.82, 2.24) is 29.1 Å². The molecule has 0 radical (unpaired) electrons. The van der Waals surface area contributed by atoms with Gasteiger partial charge in [0.05, 0.1) is 22.1 Å². The van der Waals surface area contributed by atoms with Gasteiger partial charge in [0.25, 0.3) is 0 Å². The number of hydrogen-bond donors (Lipinski definition) is 0. The fourth-order valence-electron chi connectivity index (χ4n) is 6.51. The van der Waals surface area contributed by atoms with Gasteiger partial charge in [0.15, 0.2) is 17.1 Å². The van der Waals surface area contributed by atoms with Gasteiger partial charge in [0.2, 0.25) is 0 Å². The number of fused-ring (bicyclic) bond motifs is 8. The first-order chi connectivity index (χ1) is 20.9. The number of allylic oxidation sites excluding steroid dienone is 4. The number of para-hydroxylation sites is 2. The Kier molecular flexibility index (Phi) is 4.92. The third-order valence-electron chi connectivity index (χ3n) is 8.26. The van der Waals surface area contributed by atoms with Crippen molar-refractivity contribution in [2.75, 3.05) is 0 Å². The summed E-state index contributed by atoms with van der Waals surface area (Å²) >= 11 is 0. The molecule has 4 aromatic heterocycles. The van der Waals surface area contributed by atoms with E-state index in [0.717, 1.165) is 41.0 Å². The summed E-state index contributed by atoms with van der Waals surface area (Å²) in [5.41, 5.74) is 8.56. The number of hydrogen-bond acceptors (Lipinski definition) is 4. The number of nitrogens with zero attached hydrogens (tertiary/aromatic N) is 6. The lowest BCUT2D eigenvalue weighted by molar-refractivity contribution is 1.02. The molecule has 0 atom stereocenters. The minimum absolute atomic E-state index is 0.519. The lowest BCUT2D eigenvalue weighted by Crippen LogP contribution is -2.05. The molecule has 6 heteroatoms. The maximum atomic E-state index is 5.13. The number of aromatic nitrogens is 6. The molecule has 0 saturated heterocycles. The van der Waals surface area contributed by atoms with Gasteiger partial charge in [-0.25, -0.2) is 19.9 Å². The van der Waals surface area contributed by atoms with Crippen molar-refractivity contribution in [2.45, 2.75) is 12.8 Å². The van der Waals surface area contributed by atoms with Crippen molar-refractivity contribution in [3.8, 4) is 17.1 Å². The molecule has 8 aromatic rings. The molecule has 0 amide bonds. The molecule has 0 spiro atoms. The van der Waals surface area contributed by atoms with E-state index in [0.29, 0.717) is 11.3 Å². The lowest BCUT2D eigenvalue weighted by atomic mass is 10.1. The average molecular weight is 541 g/mol. The molecule has 1 aliphatic carbocycles. The maximum Gasteiger partial charge on any atom is 0.199 e. The maximum absolute atomic E-state index is 5.13. The van der Waals surface area contributed by atoms with Crippen molar-refractivity contribution < 1.29 is 0 Å². The van der Waals surface area contributed by atoms with E-state index in [2.05, 4.69) is 110 Å². The Morgan fingerprint density at radius 3 is 2.07 bits per heavy atom. The summed E-state index contributed by atoms with van der Waals surface area (Å²) in [6.45, 7) is 0. The van der Waals surface area contributed by atoms with Crippen molar-refractivity contribution in [3.05, 3.63) is 122 Å². The normalized spacial score (nSPS) is 13.6. The van der Waals surface area contributed by atoms with Crippen molar-refractivity contribution in [3.63, 3.8) is 0 Å². The number of benzene rings is 4. The van der Waals surface area contributed by atoms with Crippen LogP contribution in [0.15, 0.2) is 122 Å². The van der Waals surface area contributed by atoms with E-state index in [9.17, 15) is 0 Å². The van der Waals surface area contributed by atoms with Crippen LogP contribution in [0.25, 0.3) is 77.7 Å². The molecule has 0 saturated carbocycles. The smallest absolute Gasteiger partial charge is 0.199 e. The SMILES string of the molecule is C1=CC(n2c3ccccc3c3ccc4c(c5ccccc5n4-c4nc5nccnc5nc4-c4ccccc4)c32)=CCC1. The van der Waals surface area contributed by atoms with Gasteiger partial charge < -0.3 is 4.57 Å². The van der Waals surface area contributed by atoms with Crippen LogP contribution in [0.3, 0.4) is 0 Å². The highest BCUT2D eigenvalue weighted by Gasteiger charge is 2.24. The monoisotopic (exact) mass is 540 g/mol. The topological polar surface area (TPSA) is 61.4 Å².